The van der Waals surface area contributed by atoms with Gasteiger partial charge < -0.3 is 24.3 Å². The standard InChI is InChI=1S/C14H30O8P2/c1-3-4-5-6-7-8-9-10-11-12-14(16,23(17,18)19)24(20,21)22-13(2)15/h16H,3-12H2,1-2H3,(H,20,21)(H2,17,18,19). The number of aliphatic hydroxyl groups is 1. The third kappa shape index (κ3) is 7.77. The molecule has 0 aliphatic heterocycles. The largest absolute Gasteiger partial charge is 0.422 e. The lowest BCUT2D eigenvalue weighted by Crippen LogP contribution is -2.30. The van der Waals surface area contributed by atoms with Gasteiger partial charge in [0.25, 0.3) is 5.08 Å². The van der Waals surface area contributed by atoms with Crippen molar-refractivity contribution < 1.29 is 38.2 Å². The number of unbranched alkanes of at least 4 members (excludes halogenated alkanes) is 8. The second-order valence-electron chi connectivity index (χ2n) is 6.00. The summed E-state index contributed by atoms with van der Waals surface area (Å²) in [6, 6.07) is 0. The van der Waals surface area contributed by atoms with Crippen molar-refractivity contribution in [1.82, 2.24) is 0 Å². The second-order valence-corrected chi connectivity index (χ2v) is 10.1. The Labute approximate surface area is 143 Å². The Balaban J connectivity index is 4.45. The fourth-order valence-electron chi connectivity index (χ4n) is 2.37. The first-order valence-electron chi connectivity index (χ1n) is 8.29. The fraction of sp³-hybridized carbons (Fsp3) is 0.929. The topological polar surface area (TPSA) is 141 Å². The van der Waals surface area contributed by atoms with Crippen LogP contribution in [0.25, 0.3) is 0 Å². The van der Waals surface area contributed by atoms with Crippen molar-refractivity contribution in [2.75, 3.05) is 0 Å². The van der Waals surface area contributed by atoms with E-state index in [2.05, 4.69) is 11.4 Å². The van der Waals surface area contributed by atoms with Gasteiger partial charge >= 0.3 is 21.2 Å². The molecule has 4 N–H and O–H groups in total. The molecule has 0 bridgehead atoms. The highest BCUT2D eigenvalue weighted by Gasteiger charge is 2.61. The summed E-state index contributed by atoms with van der Waals surface area (Å²) in [6.45, 7) is 2.96. The number of rotatable bonds is 13. The van der Waals surface area contributed by atoms with Gasteiger partial charge in [0.1, 0.15) is 0 Å². The van der Waals surface area contributed by atoms with E-state index in [1.54, 1.807) is 0 Å². The molecular formula is C14H30O8P2. The van der Waals surface area contributed by atoms with Crippen LogP contribution in [0.3, 0.4) is 0 Å². The summed E-state index contributed by atoms with van der Waals surface area (Å²) in [7, 11) is -10.6. The Kier molecular flexibility index (Phi) is 10.6. The molecule has 0 heterocycles. The number of carbonyl (C=O) groups excluding carboxylic acids is 1. The van der Waals surface area contributed by atoms with E-state index in [0.717, 1.165) is 32.6 Å². The minimum atomic E-state index is -5.37. The summed E-state index contributed by atoms with van der Waals surface area (Å²) in [5, 5.41) is 6.81. The summed E-state index contributed by atoms with van der Waals surface area (Å²) in [5.74, 6) is -1.19. The summed E-state index contributed by atoms with van der Waals surface area (Å²) >= 11 is 0. The molecule has 0 spiro atoms. The zero-order valence-corrected chi connectivity index (χ0v) is 16.2. The molecule has 0 aromatic rings. The van der Waals surface area contributed by atoms with E-state index in [9.17, 15) is 33.7 Å². The molecule has 0 amide bonds. The maximum absolute atomic E-state index is 11.9. The molecule has 10 heteroatoms. The average molecular weight is 388 g/mol. The van der Waals surface area contributed by atoms with E-state index >= 15 is 0 Å². The molecule has 0 saturated heterocycles. The fourth-order valence-corrected chi connectivity index (χ4v) is 5.20. The Morgan fingerprint density at radius 2 is 1.33 bits per heavy atom. The first-order valence-corrected chi connectivity index (χ1v) is 11.5. The lowest BCUT2D eigenvalue weighted by molar-refractivity contribution is -0.132. The van der Waals surface area contributed by atoms with Crippen LogP contribution in [-0.4, -0.2) is 30.8 Å². The van der Waals surface area contributed by atoms with Crippen molar-refractivity contribution in [2.24, 2.45) is 0 Å². The van der Waals surface area contributed by atoms with E-state index in [0.29, 0.717) is 6.42 Å². The summed E-state index contributed by atoms with van der Waals surface area (Å²) in [5.41, 5.74) is 0. The van der Waals surface area contributed by atoms with Gasteiger partial charge in [-0.2, -0.15) is 0 Å². The van der Waals surface area contributed by atoms with Gasteiger partial charge in [0.05, 0.1) is 0 Å². The van der Waals surface area contributed by atoms with E-state index in [4.69, 9.17) is 0 Å². The van der Waals surface area contributed by atoms with Crippen LogP contribution in [0.15, 0.2) is 0 Å². The van der Waals surface area contributed by atoms with E-state index in [1.165, 1.54) is 19.3 Å². The van der Waals surface area contributed by atoms with Gasteiger partial charge in [-0.3, -0.25) is 9.36 Å². The van der Waals surface area contributed by atoms with E-state index in [1.807, 2.05) is 0 Å². The quantitative estimate of drug-likeness (QED) is 0.277. The molecule has 0 aromatic carbocycles. The van der Waals surface area contributed by atoms with Crippen molar-refractivity contribution in [3.63, 3.8) is 0 Å². The minimum Gasteiger partial charge on any atom is -0.390 e. The van der Waals surface area contributed by atoms with Crippen molar-refractivity contribution in [1.29, 1.82) is 0 Å². The van der Waals surface area contributed by atoms with Crippen molar-refractivity contribution in [3.05, 3.63) is 0 Å². The van der Waals surface area contributed by atoms with E-state index < -0.39 is 32.7 Å². The Hall–Kier alpha value is -0.230. The molecule has 24 heavy (non-hydrogen) atoms. The van der Waals surface area contributed by atoms with Crippen LogP contribution < -0.4 is 0 Å². The van der Waals surface area contributed by atoms with E-state index in [-0.39, 0.29) is 6.42 Å². The zero-order chi connectivity index (χ0) is 18.9. The highest BCUT2D eigenvalue weighted by atomic mass is 31.2. The van der Waals surface area contributed by atoms with Gasteiger partial charge in [0.15, 0.2) is 0 Å². The predicted molar refractivity (Wildman–Crippen MR) is 90.4 cm³/mol. The summed E-state index contributed by atoms with van der Waals surface area (Å²) in [4.78, 5) is 39.0. The first kappa shape index (κ1) is 23.8. The summed E-state index contributed by atoms with van der Waals surface area (Å²) < 4.78 is 27.5. The van der Waals surface area contributed by atoms with Gasteiger partial charge in [-0.25, -0.2) is 4.57 Å². The molecule has 0 radical (unpaired) electrons. The van der Waals surface area contributed by atoms with Gasteiger partial charge in [-0.05, 0) is 6.42 Å². The highest BCUT2D eigenvalue weighted by Crippen LogP contribution is 2.71. The molecule has 0 aliphatic rings. The van der Waals surface area contributed by atoms with Crippen LogP contribution in [0, 0.1) is 0 Å². The van der Waals surface area contributed by atoms with Crippen molar-refractivity contribution in [2.45, 2.75) is 83.1 Å². The molecule has 144 valence electrons. The molecule has 2 unspecified atom stereocenters. The highest BCUT2D eigenvalue weighted by molar-refractivity contribution is 7.72. The Morgan fingerprint density at radius 3 is 1.71 bits per heavy atom. The molecule has 0 saturated carbocycles. The predicted octanol–water partition coefficient (Wildman–Crippen LogP) is 3.48. The van der Waals surface area contributed by atoms with Gasteiger partial charge in [0.2, 0.25) is 0 Å². The monoisotopic (exact) mass is 388 g/mol. The molecule has 8 nitrogen and oxygen atoms in total. The normalized spacial score (nSPS) is 17.1. The Bertz CT molecular complexity index is 475. The first-order chi connectivity index (χ1) is 11.0. The third-order valence-corrected chi connectivity index (χ3v) is 8.12. The number of carbonyl (C=O) groups is 1. The second kappa shape index (κ2) is 10.7. The molecule has 0 aromatic heterocycles. The van der Waals surface area contributed by atoms with Gasteiger partial charge in [0, 0.05) is 13.3 Å². The molecule has 2 atom stereocenters. The average Bonchev–Trinajstić information content (AvgIpc) is 2.42. The molecule has 0 aliphatic carbocycles. The van der Waals surface area contributed by atoms with Crippen LogP contribution >= 0.6 is 15.2 Å². The minimum absolute atomic E-state index is 0.141. The smallest absolute Gasteiger partial charge is 0.390 e. The van der Waals surface area contributed by atoms with Crippen LogP contribution in [0.2, 0.25) is 0 Å². The zero-order valence-electron chi connectivity index (χ0n) is 14.4. The maximum atomic E-state index is 11.9. The third-order valence-electron chi connectivity index (χ3n) is 3.79. The van der Waals surface area contributed by atoms with Crippen LogP contribution in [0.1, 0.15) is 78.1 Å². The summed E-state index contributed by atoms with van der Waals surface area (Å²) in [6.07, 6.45) is 7.59. The number of hydrogen-bond acceptors (Lipinski definition) is 5. The SMILES string of the molecule is CCCCCCCCCCCC(O)(P(=O)(O)O)P(=O)(O)OC(C)=O. The van der Waals surface area contributed by atoms with Crippen LogP contribution in [0.5, 0.6) is 0 Å². The molecule has 0 rings (SSSR count). The van der Waals surface area contributed by atoms with Crippen LogP contribution in [-0.2, 0) is 18.4 Å². The lowest BCUT2D eigenvalue weighted by atomic mass is 10.1. The van der Waals surface area contributed by atoms with Crippen LogP contribution in [0.4, 0.5) is 0 Å². The van der Waals surface area contributed by atoms with Crippen molar-refractivity contribution in [3.8, 4) is 0 Å². The number of hydrogen-bond donors (Lipinski definition) is 4. The molecule has 0 fully saturated rings. The van der Waals surface area contributed by atoms with Gasteiger partial charge in [-0.1, -0.05) is 58.3 Å². The maximum Gasteiger partial charge on any atom is 0.422 e. The van der Waals surface area contributed by atoms with Crippen molar-refractivity contribution >= 4 is 21.2 Å². The Morgan fingerprint density at radius 1 is 0.917 bits per heavy atom. The lowest BCUT2D eigenvalue weighted by Gasteiger charge is -2.31. The van der Waals surface area contributed by atoms with Gasteiger partial charge in [-0.15, -0.1) is 0 Å². The molecular weight excluding hydrogens is 358 g/mol.